The lowest BCUT2D eigenvalue weighted by Gasteiger charge is -2.28. The number of rotatable bonds is 16. The molecule has 1 fully saturated rings. The summed E-state index contributed by atoms with van der Waals surface area (Å²) in [6.45, 7) is 16.2. The Morgan fingerprint density at radius 3 is 2.64 bits per heavy atom. The van der Waals surface area contributed by atoms with Gasteiger partial charge in [0.15, 0.2) is 0 Å². The smallest absolute Gasteiger partial charge is 0.223 e. The summed E-state index contributed by atoms with van der Waals surface area (Å²) in [4.78, 5) is 24.7. The van der Waals surface area contributed by atoms with Gasteiger partial charge in [0.1, 0.15) is 12.4 Å². The summed E-state index contributed by atoms with van der Waals surface area (Å²) in [6.07, 6.45) is 15.1. The molecule has 7 nitrogen and oxygen atoms in total. The Morgan fingerprint density at radius 1 is 1.22 bits per heavy atom. The van der Waals surface area contributed by atoms with E-state index in [-0.39, 0.29) is 23.8 Å². The summed E-state index contributed by atoms with van der Waals surface area (Å²) in [6, 6.07) is 10.0. The maximum Gasteiger partial charge on any atom is 0.223 e. The number of hydrogen-bond acceptors (Lipinski definition) is 5. The van der Waals surface area contributed by atoms with Crippen LogP contribution in [0.5, 0.6) is 0 Å². The second kappa shape index (κ2) is 19.1. The fourth-order valence-electron chi connectivity index (χ4n) is 6.61. The van der Waals surface area contributed by atoms with Crippen LogP contribution in [0.15, 0.2) is 110 Å². The molecule has 4 rings (SSSR count). The fraction of sp³-hybridized carbons (Fsp3) is 0.465. The van der Waals surface area contributed by atoms with Gasteiger partial charge < -0.3 is 16.4 Å². The van der Waals surface area contributed by atoms with E-state index in [1.807, 2.05) is 25.2 Å². The van der Waals surface area contributed by atoms with Gasteiger partial charge in [-0.1, -0.05) is 85.9 Å². The molecule has 1 aromatic carbocycles. The summed E-state index contributed by atoms with van der Waals surface area (Å²) in [5.41, 5.74) is 16.2. The lowest BCUT2D eigenvalue weighted by atomic mass is 9.82. The minimum absolute atomic E-state index is 0.0687. The third kappa shape index (κ3) is 10.8. The first-order valence-corrected chi connectivity index (χ1v) is 18.3. The van der Waals surface area contributed by atoms with Crippen molar-refractivity contribution in [3.8, 4) is 11.8 Å². The van der Waals surface area contributed by atoms with Crippen molar-refractivity contribution in [1.29, 1.82) is 0 Å². The molecule has 7 heteroatoms. The number of amides is 1. The number of amidine groups is 1. The zero-order valence-electron chi connectivity index (χ0n) is 31.2. The number of hydrogen-bond donors (Lipinski definition) is 3. The number of carbonyl (C=O) groups is 1. The van der Waals surface area contributed by atoms with Gasteiger partial charge in [-0.15, -0.1) is 0 Å². The highest BCUT2D eigenvalue weighted by Crippen LogP contribution is 2.37. The maximum absolute atomic E-state index is 13.0. The molecule has 3 aliphatic rings. The van der Waals surface area contributed by atoms with Crippen molar-refractivity contribution >= 4 is 17.5 Å². The van der Waals surface area contributed by atoms with Crippen molar-refractivity contribution in [2.45, 2.75) is 78.7 Å². The normalized spacial score (nSPS) is 20.5. The number of carbonyl (C=O) groups excluding carboxylic acids is 1. The Balaban J connectivity index is 1.58. The van der Waals surface area contributed by atoms with E-state index in [4.69, 9.17) is 10.7 Å². The predicted molar refractivity (Wildman–Crippen MR) is 211 cm³/mol. The van der Waals surface area contributed by atoms with Gasteiger partial charge in [0.25, 0.3) is 0 Å². The molecule has 0 spiro atoms. The van der Waals surface area contributed by atoms with Crippen LogP contribution in [-0.2, 0) is 4.79 Å². The molecule has 0 radical (unpaired) electrons. The van der Waals surface area contributed by atoms with Gasteiger partial charge >= 0.3 is 0 Å². The number of nitrogens with zero attached hydrogens (tertiary/aromatic N) is 3. The van der Waals surface area contributed by atoms with E-state index in [0.717, 1.165) is 104 Å². The second-order valence-corrected chi connectivity index (χ2v) is 13.9. The molecule has 0 bridgehead atoms. The summed E-state index contributed by atoms with van der Waals surface area (Å²) in [5.74, 6) is 7.77. The molecule has 1 aliphatic heterocycles. The van der Waals surface area contributed by atoms with Gasteiger partial charge in [0.05, 0.1) is 18.3 Å². The average Bonchev–Trinajstić information content (AvgIpc) is 3.97. The number of nitrogens with two attached hydrogens (primary N) is 1. The van der Waals surface area contributed by atoms with E-state index < -0.39 is 0 Å². The topological polar surface area (TPSA) is 95.1 Å². The van der Waals surface area contributed by atoms with Gasteiger partial charge in [-0.3, -0.25) is 19.7 Å². The molecule has 50 heavy (non-hydrogen) atoms. The Bertz CT molecular complexity index is 1650. The third-order valence-corrected chi connectivity index (χ3v) is 9.76. The van der Waals surface area contributed by atoms with E-state index in [9.17, 15) is 4.79 Å². The van der Waals surface area contributed by atoms with E-state index >= 15 is 0 Å². The third-order valence-electron chi connectivity index (χ3n) is 9.76. The van der Waals surface area contributed by atoms with Crippen LogP contribution in [0.3, 0.4) is 0 Å². The van der Waals surface area contributed by atoms with Crippen LogP contribution in [0.1, 0.15) is 84.2 Å². The van der Waals surface area contributed by atoms with Crippen molar-refractivity contribution in [2.75, 3.05) is 40.3 Å². The Morgan fingerprint density at radius 2 is 1.98 bits per heavy atom. The summed E-state index contributed by atoms with van der Waals surface area (Å²) >= 11 is 0. The first kappa shape index (κ1) is 38.4. The first-order chi connectivity index (χ1) is 24.2. The largest absolute Gasteiger partial charge is 0.404 e. The molecule has 1 amide bonds. The molecule has 2 aliphatic carbocycles. The minimum Gasteiger partial charge on any atom is -0.404 e. The van der Waals surface area contributed by atoms with Crippen molar-refractivity contribution in [3.63, 3.8) is 0 Å². The molecule has 0 aromatic heterocycles. The monoisotopic (exact) mass is 674 g/mol. The summed E-state index contributed by atoms with van der Waals surface area (Å²) < 4.78 is 0. The Labute approximate surface area is 301 Å². The lowest BCUT2D eigenvalue weighted by Crippen LogP contribution is -2.37. The van der Waals surface area contributed by atoms with Crippen LogP contribution in [-0.4, -0.2) is 62.6 Å². The van der Waals surface area contributed by atoms with Gasteiger partial charge in [0.2, 0.25) is 5.91 Å². The van der Waals surface area contributed by atoms with Crippen molar-refractivity contribution < 1.29 is 4.79 Å². The van der Waals surface area contributed by atoms with E-state index in [2.05, 4.69) is 104 Å². The molecule has 266 valence electrons. The molecule has 4 N–H and O–H groups in total. The predicted octanol–water partition coefficient (Wildman–Crippen LogP) is 7.40. The standard InChI is InChI=1S/C43H58N6O/c1-8-26-49(7)29-40(45-6)46-24-13-17-36(30(2)3)27-39-31(4)18-19-37(28-44)38(39)23-22-34-16-12-25-47-41(34)32(5)42(33-14-10-9-11-15-33)48-43(50)35-20-21-35/h9-11,14-15,22-23,27-28,32,35,42H,2,8,13,17-21,24-26,29,44H2,1,3-7H3,(H,45,46)(H,48,50)/b34-22+,36-27-,37-28-,38-23+/t32?,42-/m0/s1. The molecule has 1 saturated carbocycles. The number of allylic oxidation sites excluding steroid dienone is 10. The second-order valence-electron chi connectivity index (χ2n) is 13.9. The molecule has 1 heterocycles. The van der Waals surface area contributed by atoms with Crippen molar-refractivity contribution in [3.05, 3.63) is 106 Å². The minimum atomic E-state index is -0.196. The molecular weight excluding hydrogens is 617 g/mol. The molecule has 0 saturated heterocycles. The zero-order valence-corrected chi connectivity index (χ0v) is 31.2. The first-order valence-electron chi connectivity index (χ1n) is 18.3. The van der Waals surface area contributed by atoms with Crippen LogP contribution in [0.4, 0.5) is 0 Å². The quantitative estimate of drug-likeness (QED) is 0.0560. The van der Waals surface area contributed by atoms with Crippen LogP contribution in [0.2, 0.25) is 0 Å². The fourth-order valence-corrected chi connectivity index (χ4v) is 6.61. The van der Waals surface area contributed by atoms with Crippen molar-refractivity contribution in [1.82, 2.24) is 15.5 Å². The van der Waals surface area contributed by atoms with Gasteiger partial charge in [0, 0.05) is 31.0 Å². The zero-order chi connectivity index (χ0) is 36.0. The Kier molecular flexibility index (Phi) is 14.7. The lowest BCUT2D eigenvalue weighted by molar-refractivity contribution is -0.123. The summed E-state index contributed by atoms with van der Waals surface area (Å²) in [5, 5.41) is 6.89. The van der Waals surface area contributed by atoms with Gasteiger partial charge in [-0.25, -0.2) is 0 Å². The highest BCUT2D eigenvalue weighted by atomic mass is 16.2. The number of nitrogens with one attached hydrogen (secondary N) is 2. The highest BCUT2D eigenvalue weighted by Gasteiger charge is 2.34. The maximum atomic E-state index is 13.0. The summed E-state index contributed by atoms with van der Waals surface area (Å²) in [7, 11) is 3.99. The van der Waals surface area contributed by atoms with Gasteiger partial charge in [-0.2, -0.15) is 0 Å². The molecular formula is C43H58N6O. The van der Waals surface area contributed by atoms with Crippen LogP contribution >= 0.6 is 0 Å². The van der Waals surface area contributed by atoms with Crippen LogP contribution in [0.25, 0.3) is 0 Å². The number of benzene rings is 1. The van der Waals surface area contributed by atoms with Crippen LogP contribution < -0.4 is 16.4 Å². The van der Waals surface area contributed by atoms with Gasteiger partial charge in [-0.05, 0) is 113 Å². The van der Waals surface area contributed by atoms with Crippen molar-refractivity contribution in [2.24, 2.45) is 27.6 Å². The Hall–Kier alpha value is -4.41. The van der Waals surface area contributed by atoms with E-state index in [1.165, 1.54) is 16.7 Å². The van der Waals surface area contributed by atoms with E-state index in [0.29, 0.717) is 6.54 Å². The average molecular weight is 675 g/mol. The SMILES string of the molecule is C=C(C)/C(=C\C1=C(C)CCC(=C/N)/C1=C\C=C1/C#CCN=C1C(C)[C@H](NC(=O)C1CC1)c1ccccc1)CCCNC(CN(C)CCC)=NC. The highest BCUT2D eigenvalue weighted by molar-refractivity contribution is 6.07. The molecule has 1 unspecified atom stereocenters. The van der Waals surface area contributed by atoms with Crippen LogP contribution in [0, 0.1) is 23.7 Å². The molecule has 1 aromatic rings. The number of likely N-dealkylation sites (N-methyl/N-ethyl adjacent to an activating group) is 1. The molecule has 2 atom stereocenters. The number of aliphatic imine (C=N–C) groups is 2. The van der Waals surface area contributed by atoms with E-state index in [1.54, 1.807) is 6.20 Å².